The first-order valence-electron chi connectivity index (χ1n) is 9.53. The molecular formula is C20H28N4O3. The number of aryl methyl sites for hydroxylation is 3. The van der Waals surface area contributed by atoms with Gasteiger partial charge in [-0.2, -0.15) is 0 Å². The largest absolute Gasteiger partial charge is 0.445 e. The molecule has 0 aliphatic rings. The molecule has 0 saturated carbocycles. The van der Waals surface area contributed by atoms with Crippen LogP contribution in [0.3, 0.4) is 0 Å². The summed E-state index contributed by atoms with van der Waals surface area (Å²) in [6.45, 7) is 12.3. The number of oxazole rings is 2. The highest BCUT2D eigenvalue weighted by atomic mass is 16.4. The van der Waals surface area contributed by atoms with Crippen LogP contribution in [0.15, 0.2) is 19.6 Å². The van der Waals surface area contributed by atoms with Gasteiger partial charge in [0.2, 0.25) is 12.3 Å². The molecule has 7 heteroatoms. The van der Waals surface area contributed by atoms with Crippen LogP contribution in [-0.4, -0.2) is 20.2 Å². The lowest BCUT2D eigenvalue weighted by Crippen LogP contribution is -2.02. The van der Waals surface area contributed by atoms with Crippen molar-refractivity contribution in [2.45, 2.75) is 78.6 Å². The van der Waals surface area contributed by atoms with E-state index in [1.54, 1.807) is 0 Å². The lowest BCUT2D eigenvalue weighted by Gasteiger charge is -2.05. The first-order chi connectivity index (χ1) is 12.8. The van der Waals surface area contributed by atoms with E-state index in [0.29, 0.717) is 5.89 Å². The highest BCUT2D eigenvalue weighted by Gasteiger charge is 2.21. The van der Waals surface area contributed by atoms with Gasteiger partial charge in [0.05, 0.1) is 11.4 Å². The predicted octanol–water partition coefficient (Wildman–Crippen LogP) is 4.87. The SMILES string of the molecule is Cc1oc(C(C)C)nc1CC(C)c1nc(CCC(C)c2nnco2)c(C)o1. The first kappa shape index (κ1) is 19.3. The Kier molecular flexibility index (Phi) is 5.77. The third kappa shape index (κ3) is 4.46. The minimum absolute atomic E-state index is 0.134. The lowest BCUT2D eigenvalue weighted by molar-refractivity contribution is 0.432. The Balaban J connectivity index is 1.64. The molecule has 0 bridgehead atoms. The number of hydrogen-bond acceptors (Lipinski definition) is 7. The fourth-order valence-electron chi connectivity index (χ4n) is 3.03. The second kappa shape index (κ2) is 8.06. The van der Waals surface area contributed by atoms with Crippen molar-refractivity contribution in [1.29, 1.82) is 0 Å². The minimum atomic E-state index is 0.134. The Morgan fingerprint density at radius 3 is 2.15 bits per heavy atom. The first-order valence-corrected chi connectivity index (χ1v) is 9.53. The summed E-state index contributed by atoms with van der Waals surface area (Å²) in [5, 5.41) is 7.72. The van der Waals surface area contributed by atoms with E-state index in [1.165, 1.54) is 6.39 Å². The molecule has 0 saturated heterocycles. The summed E-state index contributed by atoms with van der Waals surface area (Å²) in [4.78, 5) is 9.37. The van der Waals surface area contributed by atoms with Gasteiger partial charge in [0.25, 0.3) is 0 Å². The third-order valence-electron chi connectivity index (χ3n) is 4.85. The molecule has 0 N–H and O–H groups in total. The Labute approximate surface area is 159 Å². The van der Waals surface area contributed by atoms with Crippen molar-refractivity contribution < 1.29 is 13.3 Å². The highest BCUT2D eigenvalue weighted by molar-refractivity contribution is 5.15. The second-order valence-electron chi connectivity index (χ2n) is 7.59. The van der Waals surface area contributed by atoms with E-state index in [-0.39, 0.29) is 17.8 Å². The zero-order valence-corrected chi connectivity index (χ0v) is 16.9. The zero-order chi connectivity index (χ0) is 19.6. The summed E-state index contributed by atoms with van der Waals surface area (Å²) in [5.74, 6) is 4.55. The fourth-order valence-corrected chi connectivity index (χ4v) is 3.03. The van der Waals surface area contributed by atoms with Gasteiger partial charge in [0.15, 0.2) is 11.8 Å². The Morgan fingerprint density at radius 2 is 1.52 bits per heavy atom. The lowest BCUT2D eigenvalue weighted by atomic mass is 10.0. The standard InChI is InChI=1S/C20H28N4O3/c1-11(2)18-23-17(15(6)26-18)9-13(4)19-22-16(14(5)27-19)8-7-12(3)20-24-21-10-25-20/h10-13H,7-9H2,1-6H3. The van der Waals surface area contributed by atoms with E-state index in [0.717, 1.165) is 54.0 Å². The molecule has 0 amide bonds. The van der Waals surface area contributed by atoms with Gasteiger partial charge in [0, 0.05) is 24.2 Å². The van der Waals surface area contributed by atoms with Crippen LogP contribution in [0.4, 0.5) is 0 Å². The number of hydrogen-bond donors (Lipinski definition) is 0. The third-order valence-corrected chi connectivity index (χ3v) is 4.85. The summed E-state index contributed by atoms with van der Waals surface area (Å²) in [6, 6.07) is 0. The summed E-state index contributed by atoms with van der Waals surface area (Å²) in [6.07, 6.45) is 3.80. The van der Waals surface area contributed by atoms with Crippen LogP contribution >= 0.6 is 0 Å². The summed E-state index contributed by atoms with van der Waals surface area (Å²) in [5.41, 5.74) is 1.97. The molecule has 7 nitrogen and oxygen atoms in total. The van der Waals surface area contributed by atoms with Crippen LogP contribution in [-0.2, 0) is 12.8 Å². The van der Waals surface area contributed by atoms with E-state index < -0.39 is 0 Å². The molecule has 27 heavy (non-hydrogen) atoms. The molecule has 0 spiro atoms. The molecule has 0 fully saturated rings. The molecule has 0 aliphatic heterocycles. The van der Waals surface area contributed by atoms with Crippen LogP contribution in [0.2, 0.25) is 0 Å². The molecule has 0 aromatic carbocycles. The van der Waals surface area contributed by atoms with E-state index in [9.17, 15) is 0 Å². The topological polar surface area (TPSA) is 91.0 Å². The van der Waals surface area contributed by atoms with E-state index in [4.69, 9.17) is 18.2 Å². The van der Waals surface area contributed by atoms with Crippen molar-refractivity contribution >= 4 is 0 Å². The molecule has 0 radical (unpaired) electrons. The fraction of sp³-hybridized carbons (Fsp3) is 0.600. The Bertz CT molecular complexity index is 864. The maximum absolute atomic E-state index is 5.94. The highest BCUT2D eigenvalue weighted by Crippen LogP contribution is 2.27. The molecule has 3 rings (SSSR count). The number of aromatic nitrogens is 4. The minimum Gasteiger partial charge on any atom is -0.445 e. The van der Waals surface area contributed by atoms with E-state index >= 15 is 0 Å². The monoisotopic (exact) mass is 372 g/mol. The van der Waals surface area contributed by atoms with Crippen molar-refractivity contribution in [3.8, 4) is 0 Å². The normalized spacial score (nSPS) is 14.0. The summed E-state index contributed by atoms with van der Waals surface area (Å²) in [7, 11) is 0. The van der Waals surface area contributed by atoms with Gasteiger partial charge in [-0.15, -0.1) is 10.2 Å². The Morgan fingerprint density at radius 1 is 0.852 bits per heavy atom. The van der Waals surface area contributed by atoms with Crippen LogP contribution < -0.4 is 0 Å². The van der Waals surface area contributed by atoms with Crippen molar-refractivity contribution in [2.24, 2.45) is 0 Å². The van der Waals surface area contributed by atoms with Crippen LogP contribution in [0.1, 0.15) is 92.5 Å². The summed E-state index contributed by atoms with van der Waals surface area (Å²) < 4.78 is 17.0. The van der Waals surface area contributed by atoms with Crippen LogP contribution in [0.25, 0.3) is 0 Å². The zero-order valence-electron chi connectivity index (χ0n) is 16.9. The van der Waals surface area contributed by atoms with Crippen LogP contribution in [0, 0.1) is 13.8 Å². The van der Waals surface area contributed by atoms with Gasteiger partial charge >= 0.3 is 0 Å². The number of nitrogens with zero attached hydrogens (tertiary/aromatic N) is 4. The molecule has 2 atom stereocenters. The van der Waals surface area contributed by atoms with Crippen molar-refractivity contribution in [3.05, 3.63) is 47.0 Å². The quantitative estimate of drug-likeness (QED) is 0.557. The Hall–Kier alpha value is -2.44. The molecule has 3 aromatic heterocycles. The smallest absolute Gasteiger partial charge is 0.219 e. The van der Waals surface area contributed by atoms with Gasteiger partial charge in [0.1, 0.15) is 11.5 Å². The molecule has 3 aromatic rings. The second-order valence-corrected chi connectivity index (χ2v) is 7.59. The maximum Gasteiger partial charge on any atom is 0.219 e. The molecule has 146 valence electrons. The summed E-state index contributed by atoms with van der Waals surface area (Å²) >= 11 is 0. The molecular weight excluding hydrogens is 344 g/mol. The van der Waals surface area contributed by atoms with Gasteiger partial charge < -0.3 is 13.3 Å². The molecule has 2 unspecified atom stereocenters. The maximum atomic E-state index is 5.94. The van der Waals surface area contributed by atoms with Gasteiger partial charge in [-0.1, -0.05) is 27.7 Å². The predicted molar refractivity (Wildman–Crippen MR) is 99.7 cm³/mol. The van der Waals surface area contributed by atoms with Crippen LogP contribution in [0.5, 0.6) is 0 Å². The van der Waals surface area contributed by atoms with Gasteiger partial charge in [-0.05, 0) is 26.7 Å². The van der Waals surface area contributed by atoms with Gasteiger partial charge in [-0.25, -0.2) is 9.97 Å². The molecule has 0 aliphatic carbocycles. The average Bonchev–Trinajstić information content (AvgIpc) is 3.34. The van der Waals surface area contributed by atoms with E-state index in [1.807, 2.05) is 13.8 Å². The average molecular weight is 372 g/mol. The molecule has 3 heterocycles. The van der Waals surface area contributed by atoms with Crippen molar-refractivity contribution in [2.75, 3.05) is 0 Å². The van der Waals surface area contributed by atoms with Crippen molar-refractivity contribution in [1.82, 2.24) is 20.2 Å². The van der Waals surface area contributed by atoms with Gasteiger partial charge in [-0.3, -0.25) is 0 Å². The van der Waals surface area contributed by atoms with Crippen molar-refractivity contribution in [3.63, 3.8) is 0 Å². The number of rotatable bonds is 8. The van der Waals surface area contributed by atoms with E-state index in [2.05, 4.69) is 42.9 Å².